The highest BCUT2D eigenvalue weighted by atomic mass is 16.5. The zero-order chi connectivity index (χ0) is 20.6. The normalized spacial score (nSPS) is 16.3. The highest BCUT2D eigenvalue weighted by Gasteiger charge is 2.23. The van der Waals surface area contributed by atoms with Gasteiger partial charge in [0.1, 0.15) is 5.75 Å². The van der Waals surface area contributed by atoms with Crippen molar-refractivity contribution in [2.45, 2.75) is 38.2 Å². The van der Waals surface area contributed by atoms with Gasteiger partial charge in [0.25, 0.3) is 5.91 Å². The minimum Gasteiger partial charge on any atom is -0.497 e. The van der Waals surface area contributed by atoms with Crippen molar-refractivity contribution in [1.29, 1.82) is 0 Å². The molecule has 1 heterocycles. The van der Waals surface area contributed by atoms with E-state index in [9.17, 15) is 14.7 Å². The molecule has 1 saturated heterocycles. The zero-order valence-corrected chi connectivity index (χ0v) is 16.8. The second-order valence-electron chi connectivity index (χ2n) is 7.38. The summed E-state index contributed by atoms with van der Waals surface area (Å²) < 4.78 is 5.15. The van der Waals surface area contributed by atoms with Crippen molar-refractivity contribution in [3.05, 3.63) is 59.7 Å². The van der Waals surface area contributed by atoms with Crippen LogP contribution in [0.2, 0.25) is 0 Å². The number of amides is 2. The summed E-state index contributed by atoms with van der Waals surface area (Å²) in [5.41, 5.74) is 2.30. The molecule has 0 bridgehead atoms. The average molecular weight is 396 g/mol. The van der Waals surface area contributed by atoms with Crippen LogP contribution in [-0.4, -0.2) is 48.1 Å². The first kappa shape index (κ1) is 20.9. The number of methoxy groups -OCH3 is 1. The summed E-state index contributed by atoms with van der Waals surface area (Å²) in [5, 5.41) is 12.7. The quantitative estimate of drug-likeness (QED) is 0.753. The van der Waals surface area contributed by atoms with E-state index in [1.54, 1.807) is 36.3 Å². The van der Waals surface area contributed by atoms with E-state index in [0.29, 0.717) is 30.8 Å². The first-order valence-corrected chi connectivity index (χ1v) is 10.1. The third-order valence-electron chi connectivity index (χ3n) is 5.11. The fourth-order valence-corrected chi connectivity index (χ4v) is 3.52. The van der Waals surface area contributed by atoms with Crippen LogP contribution >= 0.6 is 0 Å². The lowest BCUT2D eigenvalue weighted by molar-refractivity contribution is -0.116. The molecule has 1 aliphatic rings. The maximum Gasteiger partial charge on any atom is 0.254 e. The number of rotatable bonds is 7. The van der Waals surface area contributed by atoms with Crippen LogP contribution in [0.25, 0.3) is 0 Å². The molecule has 2 amide bonds. The average Bonchev–Trinajstić information content (AvgIpc) is 2.74. The van der Waals surface area contributed by atoms with E-state index >= 15 is 0 Å². The van der Waals surface area contributed by atoms with Crippen molar-refractivity contribution in [1.82, 2.24) is 4.90 Å². The van der Waals surface area contributed by atoms with E-state index in [1.165, 1.54) is 0 Å². The number of nitrogens with zero attached hydrogens (tertiary/aromatic N) is 1. The van der Waals surface area contributed by atoms with Crippen LogP contribution in [0, 0.1) is 0 Å². The van der Waals surface area contributed by atoms with Crippen LogP contribution in [-0.2, 0) is 11.2 Å². The summed E-state index contributed by atoms with van der Waals surface area (Å²) in [6.07, 6.45) is 3.04. The maximum atomic E-state index is 12.7. The van der Waals surface area contributed by atoms with Crippen LogP contribution < -0.4 is 10.1 Å². The van der Waals surface area contributed by atoms with Crippen LogP contribution in [0.1, 0.15) is 41.6 Å². The van der Waals surface area contributed by atoms with Gasteiger partial charge in [0, 0.05) is 30.8 Å². The van der Waals surface area contributed by atoms with Crippen LogP contribution in [0.15, 0.2) is 48.5 Å². The maximum absolute atomic E-state index is 12.7. The van der Waals surface area contributed by atoms with Crippen LogP contribution in [0.5, 0.6) is 5.75 Å². The van der Waals surface area contributed by atoms with Gasteiger partial charge in [0.15, 0.2) is 0 Å². The highest BCUT2D eigenvalue weighted by molar-refractivity contribution is 5.97. The molecular weight excluding hydrogens is 368 g/mol. The van der Waals surface area contributed by atoms with Crippen molar-refractivity contribution in [2.75, 3.05) is 25.5 Å². The number of nitrogens with one attached hydrogen (secondary N) is 1. The molecule has 0 aromatic heterocycles. The van der Waals surface area contributed by atoms with Crippen LogP contribution in [0.3, 0.4) is 0 Å². The molecule has 1 atom stereocenters. The summed E-state index contributed by atoms with van der Waals surface area (Å²) in [5.74, 6) is 0.635. The van der Waals surface area contributed by atoms with Gasteiger partial charge in [-0.3, -0.25) is 9.59 Å². The van der Waals surface area contributed by atoms with Gasteiger partial charge in [0.2, 0.25) is 5.91 Å². The molecule has 0 aliphatic carbocycles. The number of carbonyl (C=O) groups is 2. The minimum absolute atomic E-state index is 0.0727. The number of aliphatic hydroxyl groups is 1. The van der Waals surface area contributed by atoms with Gasteiger partial charge in [-0.2, -0.15) is 0 Å². The predicted octanol–water partition coefficient (Wildman–Crippen LogP) is 3.25. The number of β-amino-alcohol motifs (C(OH)–C–C–N with tert-alkyl or cyclic N) is 1. The lowest BCUT2D eigenvalue weighted by Crippen LogP contribution is -2.42. The van der Waals surface area contributed by atoms with E-state index in [-0.39, 0.29) is 11.8 Å². The molecule has 2 aromatic carbocycles. The molecule has 0 spiro atoms. The first-order chi connectivity index (χ1) is 14.0. The topological polar surface area (TPSA) is 78.9 Å². The number of piperidine rings is 1. The number of ether oxygens (including phenoxy) is 1. The van der Waals surface area contributed by atoms with Gasteiger partial charge < -0.3 is 20.1 Å². The standard InChI is InChI=1S/C23H28N2O4/c1-29-21-12-10-17(11-13-21)5-2-9-22(27)24-19-7-3-6-18(15-19)23(28)25-14-4-8-20(26)16-25/h3,6-7,10-13,15,20,26H,2,4-5,8-9,14,16H2,1H3,(H,24,27). The van der Waals surface area contributed by atoms with Gasteiger partial charge in [0.05, 0.1) is 13.2 Å². The molecule has 154 valence electrons. The third kappa shape index (κ3) is 6.06. The number of aryl methyl sites for hydroxylation is 1. The molecule has 1 unspecified atom stereocenters. The van der Waals surface area contributed by atoms with E-state index in [1.807, 2.05) is 24.3 Å². The van der Waals surface area contributed by atoms with Crippen molar-refractivity contribution in [3.8, 4) is 5.75 Å². The molecule has 2 aromatic rings. The molecule has 0 radical (unpaired) electrons. The first-order valence-electron chi connectivity index (χ1n) is 10.1. The summed E-state index contributed by atoms with van der Waals surface area (Å²) in [7, 11) is 1.64. The molecule has 1 fully saturated rings. The van der Waals surface area contributed by atoms with Crippen molar-refractivity contribution < 1.29 is 19.4 Å². The lowest BCUT2D eigenvalue weighted by Gasteiger charge is -2.30. The third-order valence-corrected chi connectivity index (χ3v) is 5.11. The largest absolute Gasteiger partial charge is 0.497 e. The van der Waals surface area contributed by atoms with Crippen molar-refractivity contribution in [2.24, 2.45) is 0 Å². The second kappa shape index (κ2) is 10.1. The Hall–Kier alpha value is -2.86. The van der Waals surface area contributed by atoms with Gasteiger partial charge >= 0.3 is 0 Å². The second-order valence-corrected chi connectivity index (χ2v) is 7.38. The van der Waals surface area contributed by atoms with Crippen molar-refractivity contribution in [3.63, 3.8) is 0 Å². The van der Waals surface area contributed by atoms with E-state index in [0.717, 1.165) is 37.0 Å². The SMILES string of the molecule is COc1ccc(CCCC(=O)Nc2cccc(C(=O)N3CCCC(O)C3)c2)cc1. The number of carbonyl (C=O) groups excluding carboxylic acids is 2. The van der Waals surface area contributed by atoms with Gasteiger partial charge in [-0.1, -0.05) is 18.2 Å². The number of benzene rings is 2. The summed E-state index contributed by atoms with van der Waals surface area (Å²) in [6.45, 7) is 1.01. The summed E-state index contributed by atoms with van der Waals surface area (Å²) >= 11 is 0. The summed E-state index contributed by atoms with van der Waals surface area (Å²) in [6, 6.07) is 14.8. The van der Waals surface area contributed by atoms with Gasteiger partial charge in [-0.15, -0.1) is 0 Å². The Kier molecular flexibility index (Phi) is 7.25. The zero-order valence-electron chi connectivity index (χ0n) is 16.8. The fourth-order valence-electron chi connectivity index (χ4n) is 3.52. The monoisotopic (exact) mass is 396 g/mol. The molecule has 3 rings (SSSR count). The lowest BCUT2D eigenvalue weighted by atomic mass is 10.1. The van der Waals surface area contributed by atoms with Gasteiger partial charge in [-0.05, 0) is 61.6 Å². The Morgan fingerprint density at radius 3 is 2.72 bits per heavy atom. The minimum atomic E-state index is -0.457. The van der Waals surface area contributed by atoms with Crippen molar-refractivity contribution >= 4 is 17.5 Å². The molecule has 1 aliphatic heterocycles. The number of likely N-dealkylation sites (tertiary alicyclic amines) is 1. The Balaban J connectivity index is 1.49. The molecule has 29 heavy (non-hydrogen) atoms. The number of anilines is 1. The molecule has 6 nitrogen and oxygen atoms in total. The Bertz CT molecular complexity index is 835. The van der Waals surface area contributed by atoms with E-state index in [2.05, 4.69) is 5.32 Å². The highest BCUT2D eigenvalue weighted by Crippen LogP contribution is 2.18. The van der Waals surface area contributed by atoms with Gasteiger partial charge in [-0.25, -0.2) is 0 Å². The predicted molar refractivity (Wildman–Crippen MR) is 112 cm³/mol. The number of hydrogen-bond donors (Lipinski definition) is 2. The Morgan fingerprint density at radius 2 is 2.00 bits per heavy atom. The molecule has 0 saturated carbocycles. The Morgan fingerprint density at radius 1 is 1.21 bits per heavy atom. The smallest absolute Gasteiger partial charge is 0.254 e. The summed E-state index contributed by atoms with van der Waals surface area (Å²) in [4.78, 5) is 26.6. The van der Waals surface area contributed by atoms with E-state index in [4.69, 9.17) is 4.74 Å². The van der Waals surface area contributed by atoms with E-state index < -0.39 is 6.10 Å². The van der Waals surface area contributed by atoms with Crippen LogP contribution in [0.4, 0.5) is 5.69 Å². The molecule has 6 heteroatoms. The fraction of sp³-hybridized carbons (Fsp3) is 0.391. The Labute approximate surface area is 171 Å². The number of aliphatic hydroxyl groups excluding tert-OH is 1. The number of hydrogen-bond acceptors (Lipinski definition) is 4. The molecular formula is C23H28N2O4. The molecule has 2 N–H and O–H groups in total.